The van der Waals surface area contributed by atoms with Crippen LogP contribution in [-0.4, -0.2) is 23.9 Å². The standard InChI is InChI=1S/C18H20F2N2O/c1-3-22(4-2)12-13-6-5-7-15(10-13)21-18(23)16-9-8-14(19)11-17(16)20/h5-11H,3-4,12H2,1-2H3,(H,21,23). The molecule has 1 N–H and O–H groups in total. The highest BCUT2D eigenvalue weighted by molar-refractivity contribution is 6.04. The molecular formula is C18H20F2N2O. The Bertz CT molecular complexity index is 684. The molecule has 2 aromatic rings. The molecule has 23 heavy (non-hydrogen) atoms. The van der Waals surface area contributed by atoms with Crippen molar-refractivity contribution >= 4 is 11.6 Å². The first-order chi connectivity index (χ1) is 11.0. The van der Waals surface area contributed by atoms with E-state index in [4.69, 9.17) is 0 Å². The molecule has 0 aliphatic carbocycles. The monoisotopic (exact) mass is 318 g/mol. The van der Waals surface area contributed by atoms with Crippen molar-refractivity contribution in [3.8, 4) is 0 Å². The van der Waals surface area contributed by atoms with Crippen LogP contribution in [0.4, 0.5) is 14.5 Å². The SMILES string of the molecule is CCN(CC)Cc1cccc(NC(=O)c2ccc(F)cc2F)c1. The fourth-order valence-electron chi connectivity index (χ4n) is 2.32. The lowest BCUT2D eigenvalue weighted by Gasteiger charge is -2.18. The highest BCUT2D eigenvalue weighted by atomic mass is 19.1. The van der Waals surface area contributed by atoms with Gasteiger partial charge in [-0.3, -0.25) is 9.69 Å². The van der Waals surface area contributed by atoms with E-state index >= 15 is 0 Å². The summed E-state index contributed by atoms with van der Waals surface area (Å²) < 4.78 is 26.5. The topological polar surface area (TPSA) is 32.3 Å². The van der Waals surface area contributed by atoms with Gasteiger partial charge in [-0.1, -0.05) is 26.0 Å². The van der Waals surface area contributed by atoms with E-state index in [1.54, 1.807) is 6.07 Å². The zero-order valence-corrected chi connectivity index (χ0v) is 13.3. The van der Waals surface area contributed by atoms with Gasteiger partial charge < -0.3 is 5.32 Å². The van der Waals surface area contributed by atoms with Crippen molar-refractivity contribution in [3.05, 3.63) is 65.2 Å². The Hall–Kier alpha value is -2.27. The second-order valence-corrected chi connectivity index (χ2v) is 5.24. The maximum atomic E-state index is 13.6. The molecule has 0 saturated heterocycles. The van der Waals surface area contributed by atoms with Gasteiger partial charge in [0, 0.05) is 18.3 Å². The average molecular weight is 318 g/mol. The summed E-state index contributed by atoms with van der Waals surface area (Å²) in [7, 11) is 0. The summed E-state index contributed by atoms with van der Waals surface area (Å²) in [5, 5.41) is 2.65. The van der Waals surface area contributed by atoms with Crippen LogP contribution in [0.5, 0.6) is 0 Å². The Morgan fingerprint density at radius 1 is 1.09 bits per heavy atom. The minimum Gasteiger partial charge on any atom is -0.322 e. The fourth-order valence-corrected chi connectivity index (χ4v) is 2.32. The van der Waals surface area contributed by atoms with Crippen LogP contribution in [0.2, 0.25) is 0 Å². The molecular weight excluding hydrogens is 298 g/mol. The lowest BCUT2D eigenvalue weighted by Crippen LogP contribution is -2.22. The molecule has 0 aromatic heterocycles. The molecule has 122 valence electrons. The largest absolute Gasteiger partial charge is 0.322 e. The number of benzene rings is 2. The van der Waals surface area contributed by atoms with Gasteiger partial charge in [-0.15, -0.1) is 0 Å². The normalized spacial score (nSPS) is 10.8. The highest BCUT2D eigenvalue weighted by Crippen LogP contribution is 2.16. The van der Waals surface area contributed by atoms with Gasteiger partial charge >= 0.3 is 0 Å². The number of carbonyl (C=O) groups excluding carboxylic acids is 1. The van der Waals surface area contributed by atoms with Crippen molar-refractivity contribution in [2.45, 2.75) is 20.4 Å². The van der Waals surface area contributed by atoms with Gasteiger partial charge in [0.2, 0.25) is 0 Å². The lowest BCUT2D eigenvalue weighted by atomic mass is 10.1. The summed E-state index contributed by atoms with van der Waals surface area (Å²) in [6, 6.07) is 10.3. The number of nitrogens with zero attached hydrogens (tertiary/aromatic N) is 1. The summed E-state index contributed by atoms with van der Waals surface area (Å²) >= 11 is 0. The number of rotatable bonds is 6. The Morgan fingerprint density at radius 3 is 2.48 bits per heavy atom. The van der Waals surface area contributed by atoms with Gasteiger partial charge in [0.15, 0.2) is 0 Å². The van der Waals surface area contributed by atoms with Crippen molar-refractivity contribution in [2.24, 2.45) is 0 Å². The van der Waals surface area contributed by atoms with E-state index in [1.165, 1.54) is 0 Å². The van der Waals surface area contributed by atoms with E-state index in [-0.39, 0.29) is 5.56 Å². The van der Waals surface area contributed by atoms with Crippen molar-refractivity contribution in [2.75, 3.05) is 18.4 Å². The van der Waals surface area contributed by atoms with Crippen LogP contribution in [0.15, 0.2) is 42.5 Å². The molecule has 0 spiro atoms. The Kier molecular flexibility index (Phi) is 5.82. The Morgan fingerprint density at radius 2 is 1.83 bits per heavy atom. The van der Waals surface area contributed by atoms with Gasteiger partial charge in [0.05, 0.1) is 5.56 Å². The third-order valence-electron chi connectivity index (χ3n) is 3.66. The molecule has 0 unspecified atom stereocenters. The van der Waals surface area contributed by atoms with Crippen LogP contribution in [0.25, 0.3) is 0 Å². The molecule has 0 fully saturated rings. The number of nitrogens with one attached hydrogen (secondary N) is 1. The summed E-state index contributed by atoms with van der Waals surface area (Å²) in [6.45, 7) is 6.84. The quantitative estimate of drug-likeness (QED) is 0.871. The molecule has 3 nitrogen and oxygen atoms in total. The third-order valence-corrected chi connectivity index (χ3v) is 3.66. The van der Waals surface area contributed by atoms with Crippen molar-refractivity contribution in [1.82, 2.24) is 4.90 Å². The second-order valence-electron chi connectivity index (χ2n) is 5.24. The number of amides is 1. The van der Waals surface area contributed by atoms with Crippen LogP contribution < -0.4 is 5.32 Å². The first-order valence-corrected chi connectivity index (χ1v) is 7.61. The number of hydrogen-bond acceptors (Lipinski definition) is 2. The summed E-state index contributed by atoms with van der Waals surface area (Å²) in [5.74, 6) is -2.18. The van der Waals surface area contributed by atoms with E-state index in [2.05, 4.69) is 24.1 Å². The molecule has 0 heterocycles. The van der Waals surface area contributed by atoms with Gasteiger partial charge in [0.25, 0.3) is 5.91 Å². The predicted octanol–water partition coefficient (Wildman–Crippen LogP) is 4.06. The van der Waals surface area contributed by atoms with Crippen LogP contribution in [0.3, 0.4) is 0 Å². The van der Waals surface area contributed by atoms with Crippen molar-refractivity contribution in [3.63, 3.8) is 0 Å². The zero-order chi connectivity index (χ0) is 16.8. The molecule has 0 aliphatic rings. The van der Waals surface area contributed by atoms with E-state index in [1.807, 2.05) is 18.2 Å². The fraction of sp³-hybridized carbons (Fsp3) is 0.278. The van der Waals surface area contributed by atoms with E-state index < -0.39 is 17.5 Å². The first-order valence-electron chi connectivity index (χ1n) is 7.61. The maximum Gasteiger partial charge on any atom is 0.258 e. The van der Waals surface area contributed by atoms with Gasteiger partial charge in [-0.2, -0.15) is 0 Å². The van der Waals surface area contributed by atoms with Crippen LogP contribution in [-0.2, 0) is 6.54 Å². The molecule has 0 radical (unpaired) electrons. The summed E-state index contributed by atoms with van der Waals surface area (Å²) in [6.07, 6.45) is 0. The molecule has 0 aliphatic heterocycles. The highest BCUT2D eigenvalue weighted by Gasteiger charge is 2.13. The van der Waals surface area contributed by atoms with Crippen molar-refractivity contribution < 1.29 is 13.6 Å². The first kappa shape index (κ1) is 17.1. The minimum atomic E-state index is -0.873. The third kappa shape index (κ3) is 4.60. The molecule has 2 rings (SSSR count). The smallest absolute Gasteiger partial charge is 0.258 e. The second kappa shape index (κ2) is 7.83. The number of carbonyl (C=O) groups is 1. The number of hydrogen-bond donors (Lipinski definition) is 1. The zero-order valence-electron chi connectivity index (χ0n) is 13.3. The van der Waals surface area contributed by atoms with Crippen LogP contribution in [0.1, 0.15) is 29.8 Å². The van der Waals surface area contributed by atoms with E-state index in [0.717, 1.165) is 37.3 Å². The lowest BCUT2D eigenvalue weighted by molar-refractivity contribution is 0.102. The van der Waals surface area contributed by atoms with E-state index in [0.29, 0.717) is 11.8 Å². The summed E-state index contributed by atoms with van der Waals surface area (Å²) in [5.41, 5.74) is 1.47. The summed E-state index contributed by atoms with van der Waals surface area (Å²) in [4.78, 5) is 14.4. The molecule has 5 heteroatoms. The molecule has 0 atom stereocenters. The van der Waals surface area contributed by atoms with Gasteiger partial charge in [-0.05, 0) is 42.9 Å². The van der Waals surface area contributed by atoms with Gasteiger partial charge in [0.1, 0.15) is 11.6 Å². The maximum absolute atomic E-state index is 13.6. The van der Waals surface area contributed by atoms with Gasteiger partial charge in [-0.25, -0.2) is 8.78 Å². The number of halogens is 2. The molecule has 0 saturated carbocycles. The van der Waals surface area contributed by atoms with Crippen LogP contribution in [0, 0.1) is 11.6 Å². The van der Waals surface area contributed by atoms with E-state index in [9.17, 15) is 13.6 Å². The molecule has 1 amide bonds. The Labute approximate surface area is 134 Å². The average Bonchev–Trinajstić information content (AvgIpc) is 2.52. The minimum absolute atomic E-state index is 0.180. The molecule has 2 aromatic carbocycles. The van der Waals surface area contributed by atoms with Crippen LogP contribution >= 0.6 is 0 Å². The molecule has 0 bridgehead atoms. The van der Waals surface area contributed by atoms with Crippen molar-refractivity contribution in [1.29, 1.82) is 0 Å². The Balaban J connectivity index is 2.12. The predicted molar refractivity (Wildman–Crippen MR) is 87.4 cm³/mol. The number of anilines is 1.